The molecule has 6 heteroatoms. The largest absolute Gasteiger partial charge is 0.389 e. The molecule has 114 valence electrons. The van der Waals surface area contributed by atoms with Gasteiger partial charge in [0, 0.05) is 36.5 Å². The number of hydrogen-bond acceptors (Lipinski definition) is 3. The minimum Gasteiger partial charge on any atom is -0.389 e. The van der Waals surface area contributed by atoms with Crippen LogP contribution >= 0.6 is 12.2 Å². The maximum Gasteiger partial charge on any atom is 0.250 e. The summed E-state index contributed by atoms with van der Waals surface area (Å²) in [5, 5.41) is 2.80. The Hall–Kier alpha value is -2.47. The summed E-state index contributed by atoms with van der Waals surface area (Å²) < 4.78 is 1.59. The Labute approximate surface area is 133 Å². The number of carbonyl (C=O) groups is 1. The second kappa shape index (κ2) is 7.51. The second-order valence-corrected chi connectivity index (χ2v) is 5.27. The lowest BCUT2D eigenvalue weighted by Gasteiger charge is -2.07. The van der Waals surface area contributed by atoms with Crippen LogP contribution in [0.4, 0.5) is 5.69 Å². The predicted molar refractivity (Wildman–Crippen MR) is 90.9 cm³/mol. The van der Waals surface area contributed by atoms with E-state index in [1.165, 1.54) is 6.07 Å². The molecule has 0 aliphatic rings. The van der Waals surface area contributed by atoms with E-state index in [4.69, 9.17) is 18.0 Å². The SMILES string of the molecule is NC(=S)c1ccc(NC(=O)CCCn2ccccc2=O)cc1. The summed E-state index contributed by atoms with van der Waals surface area (Å²) in [6.07, 6.45) is 2.66. The van der Waals surface area contributed by atoms with Crippen LogP contribution in [0.3, 0.4) is 0 Å². The first kappa shape index (κ1) is 15.9. The summed E-state index contributed by atoms with van der Waals surface area (Å²) in [6, 6.07) is 12.0. The van der Waals surface area contributed by atoms with Crippen LogP contribution in [0.1, 0.15) is 18.4 Å². The van der Waals surface area contributed by atoms with Gasteiger partial charge in [-0.2, -0.15) is 0 Å². The van der Waals surface area contributed by atoms with Crippen molar-refractivity contribution in [2.75, 3.05) is 5.32 Å². The number of nitrogens with zero attached hydrogens (tertiary/aromatic N) is 1. The number of amides is 1. The van der Waals surface area contributed by atoms with Crippen molar-refractivity contribution in [2.24, 2.45) is 5.73 Å². The first-order valence-corrected chi connectivity index (χ1v) is 7.32. The molecular weight excluding hydrogens is 298 g/mol. The number of anilines is 1. The zero-order valence-corrected chi connectivity index (χ0v) is 12.8. The van der Waals surface area contributed by atoms with E-state index in [0.29, 0.717) is 30.1 Å². The molecule has 0 bridgehead atoms. The van der Waals surface area contributed by atoms with Crippen molar-refractivity contribution in [3.8, 4) is 0 Å². The molecular formula is C16H17N3O2S. The van der Waals surface area contributed by atoms with Gasteiger partial charge in [-0.15, -0.1) is 0 Å². The summed E-state index contributed by atoms with van der Waals surface area (Å²) in [4.78, 5) is 23.7. The summed E-state index contributed by atoms with van der Waals surface area (Å²) in [5.74, 6) is -0.0907. The van der Waals surface area contributed by atoms with Gasteiger partial charge in [-0.05, 0) is 36.8 Å². The number of carbonyl (C=O) groups excluding carboxylic acids is 1. The highest BCUT2D eigenvalue weighted by atomic mass is 32.1. The van der Waals surface area contributed by atoms with Gasteiger partial charge < -0.3 is 15.6 Å². The molecule has 2 aromatic rings. The van der Waals surface area contributed by atoms with Crippen LogP contribution in [-0.2, 0) is 11.3 Å². The van der Waals surface area contributed by atoms with Crippen LogP contribution in [0.5, 0.6) is 0 Å². The molecule has 3 N–H and O–H groups in total. The molecule has 0 fully saturated rings. The third-order valence-corrected chi connectivity index (χ3v) is 3.39. The molecule has 2 rings (SSSR count). The van der Waals surface area contributed by atoms with Crippen LogP contribution in [0, 0.1) is 0 Å². The van der Waals surface area contributed by atoms with Gasteiger partial charge in [-0.1, -0.05) is 18.3 Å². The Bertz CT molecular complexity index is 723. The summed E-state index contributed by atoms with van der Waals surface area (Å²) in [6.45, 7) is 0.521. The quantitative estimate of drug-likeness (QED) is 0.798. The second-order valence-electron chi connectivity index (χ2n) is 4.83. The van der Waals surface area contributed by atoms with Gasteiger partial charge in [-0.3, -0.25) is 9.59 Å². The topological polar surface area (TPSA) is 77.1 Å². The highest BCUT2D eigenvalue weighted by molar-refractivity contribution is 7.80. The summed E-state index contributed by atoms with van der Waals surface area (Å²) in [7, 11) is 0. The third-order valence-electron chi connectivity index (χ3n) is 3.16. The Kier molecular flexibility index (Phi) is 5.43. The van der Waals surface area contributed by atoms with Gasteiger partial charge in [0.25, 0.3) is 0 Å². The number of rotatable bonds is 6. The molecule has 1 aromatic carbocycles. The van der Waals surface area contributed by atoms with Crippen LogP contribution in [0.25, 0.3) is 0 Å². The lowest BCUT2D eigenvalue weighted by molar-refractivity contribution is -0.116. The van der Waals surface area contributed by atoms with Crippen molar-refractivity contribution < 1.29 is 4.79 Å². The smallest absolute Gasteiger partial charge is 0.250 e. The zero-order chi connectivity index (χ0) is 15.9. The fraction of sp³-hybridized carbons (Fsp3) is 0.188. The van der Waals surface area contributed by atoms with Crippen LogP contribution in [0.2, 0.25) is 0 Å². The first-order chi connectivity index (χ1) is 10.6. The van der Waals surface area contributed by atoms with E-state index >= 15 is 0 Å². The van der Waals surface area contributed by atoms with Gasteiger partial charge >= 0.3 is 0 Å². The van der Waals surface area contributed by atoms with E-state index in [0.717, 1.165) is 5.56 Å². The Morgan fingerprint density at radius 2 is 1.91 bits per heavy atom. The van der Waals surface area contributed by atoms with Crippen molar-refractivity contribution in [1.29, 1.82) is 0 Å². The van der Waals surface area contributed by atoms with Crippen LogP contribution in [0.15, 0.2) is 53.5 Å². The van der Waals surface area contributed by atoms with Crippen LogP contribution < -0.4 is 16.6 Å². The Morgan fingerprint density at radius 1 is 1.18 bits per heavy atom. The van der Waals surface area contributed by atoms with Gasteiger partial charge in [0.1, 0.15) is 4.99 Å². The molecule has 0 spiro atoms. The first-order valence-electron chi connectivity index (χ1n) is 6.91. The minimum atomic E-state index is -0.0907. The molecule has 1 heterocycles. The Morgan fingerprint density at radius 3 is 2.55 bits per heavy atom. The van der Waals surface area contributed by atoms with Gasteiger partial charge in [0.15, 0.2) is 0 Å². The molecule has 0 saturated carbocycles. The highest BCUT2D eigenvalue weighted by Crippen LogP contribution is 2.10. The summed E-state index contributed by atoms with van der Waals surface area (Å²) >= 11 is 4.87. The number of pyridine rings is 1. The summed E-state index contributed by atoms with van der Waals surface area (Å²) in [5.41, 5.74) is 6.91. The van der Waals surface area contributed by atoms with Gasteiger partial charge in [-0.25, -0.2) is 0 Å². The van der Waals surface area contributed by atoms with Crippen molar-refractivity contribution in [3.05, 3.63) is 64.6 Å². The van der Waals surface area contributed by atoms with E-state index in [2.05, 4.69) is 5.32 Å². The van der Waals surface area contributed by atoms with Crippen molar-refractivity contribution in [1.82, 2.24) is 4.57 Å². The zero-order valence-electron chi connectivity index (χ0n) is 12.0. The van der Waals surface area contributed by atoms with E-state index in [1.807, 2.05) is 0 Å². The van der Waals surface area contributed by atoms with Crippen molar-refractivity contribution >= 4 is 28.8 Å². The van der Waals surface area contributed by atoms with Crippen LogP contribution in [-0.4, -0.2) is 15.5 Å². The number of thiocarbonyl (C=S) groups is 1. The molecule has 0 saturated heterocycles. The Balaban J connectivity index is 1.82. The maximum absolute atomic E-state index is 11.9. The molecule has 0 atom stereocenters. The lowest BCUT2D eigenvalue weighted by atomic mass is 10.2. The number of nitrogens with one attached hydrogen (secondary N) is 1. The average molecular weight is 315 g/mol. The third kappa shape index (κ3) is 4.53. The van der Waals surface area contributed by atoms with Gasteiger partial charge in [0.2, 0.25) is 11.5 Å². The number of benzene rings is 1. The van der Waals surface area contributed by atoms with Crippen molar-refractivity contribution in [2.45, 2.75) is 19.4 Å². The molecule has 1 aromatic heterocycles. The lowest BCUT2D eigenvalue weighted by Crippen LogP contribution is -2.19. The minimum absolute atomic E-state index is 0.0590. The molecule has 0 aliphatic carbocycles. The monoisotopic (exact) mass is 315 g/mol. The average Bonchev–Trinajstić information content (AvgIpc) is 2.50. The standard InChI is InChI=1S/C16H17N3O2S/c17-16(22)12-6-8-13(9-7-12)18-14(20)4-3-11-19-10-2-1-5-15(19)21/h1-2,5-10H,3-4,11H2,(H2,17,22)(H,18,20). The number of aromatic nitrogens is 1. The molecule has 22 heavy (non-hydrogen) atoms. The molecule has 0 radical (unpaired) electrons. The highest BCUT2D eigenvalue weighted by Gasteiger charge is 2.04. The molecule has 5 nitrogen and oxygen atoms in total. The molecule has 1 amide bonds. The van der Waals surface area contributed by atoms with Gasteiger partial charge in [0.05, 0.1) is 0 Å². The normalized spacial score (nSPS) is 10.2. The fourth-order valence-electron chi connectivity index (χ4n) is 2.00. The van der Waals surface area contributed by atoms with E-state index in [1.54, 1.807) is 47.2 Å². The van der Waals surface area contributed by atoms with E-state index < -0.39 is 0 Å². The number of nitrogens with two attached hydrogens (primary N) is 1. The molecule has 0 unspecified atom stereocenters. The number of hydrogen-bond donors (Lipinski definition) is 2. The van der Waals surface area contributed by atoms with E-state index in [9.17, 15) is 9.59 Å². The fourth-order valence-corrected chi connectivity index (χ4v) is 2.13. The molecule has 0 aliphatic heterocycles. The maximum atomic E-state index is 11.9. The number of aryl methyl sites for hydroxylation is 1. The van der Waals surface area contributed by atoms with E-state index in [-0.39, 0.29) is 11.5 Å². The van der Waals surface area contributed by atoms with Crippen molar-refractivity contribution in [3.63, 3.8) is 0 Å². The predicted octanol–water partition coefficient (Wildman–Crippen LogP) is 1.90.